The topological polar surface area (TPSA) is 84.5 Å². The van der Waals surface area contributed by atoms with Crippen LogP contribution < -0.4 is 4.73 Å². The second-order valence-corrected chi connectivity index (χ2v) is 5.67. The molecule has 0 unspecified atom stereocenters. The molecule has 0 saturated carbocycles. The van der Waals surface area contributed by atoms with Crippen molar-refractivity contribution in [2.45, 2.75) is 31.8 Å². The predicted molar refractivity (Wildman–Crippen MR) is 59.7 cm³/mol. The highest BCUT2D eigenvalue weighted by Crippen LogP contribution is 2.60. The lowest BCUT2D eigenvalue weighted by molar-refractivity contribution is -0.605. The first-order chi connectivity index (χ1) is 7.37. The van der Waals surface area contributed by atoms with Crippen molar-refractivity contribution in [1.29, 1.82) is 0 Å². The van der Waals surface area contributed by atoms with E-state index < -0.39 is 12.8 Å². The molecule has 0 aliphatic heterocycles. The quantitative estimate of drug-likeness (QED) is 0.478. The maximum atomic E-state index is 11.6. The first-order valence-corrected chi connectivity index (χ1v) is 6.73. The van der Waals surface area contributed by atoms with Crippen LogP contribution in [0.5, 0.6) is 0 Å². The van der Waals surface area contributed by atoms with Crippen LogP contribution in [-0.2, 0) is 9.72 Å². The average Bonchev–Trinajstić information content (AvgIpc) is 2.21. The highest BCUT2D eigenvalue weighted by Gasteiger charge is 2.45. The van der Waals surface area contributed by atoms with Gasteiger partial charge >= 0.3 is 7.60 Å². The van der Waals surface area contributed by atoms with Crippen LogP contribution in [-0.4, -0.2) is 9.79 Å². The number of hydrogen-bond donors (Lipinski definition) is 2. The van der Waals surface area contributed by atoms with Crippen LogP contribution >= 0.6 is 7.60 Å². The van der Waals surface area contributed by atoms with E-state index >= 15 is 0 Å². The van der Waals surface area contributed by atoms with Crippen molar-refractivity contribution >= 4 is 7.60 Å². The van der Waals surface area contributed by atoms with Gasteiger partial charge in [-0.1, -0.05) is 13.8 Å². The van der Waals surface area contributed by atoms with Gasteiger partial charge in [0.1, 0.15) is 0 Å². The van der Waals surface area contributed by atoms with Crippen LogP contribution in [0, 0.1) is 5.21 Å². The minimum Gasteiger partial charge on any atom is -0.619 e. The van der Waals surface area contributed by atoms with Crippen molar-refractivity contribution in [1.82, 2.24) is 0 Å². The molecule has 1 aromatic rings. The average molecular weight is 245 g/mol. The molecule has 90 valence electrons. The van der Waals surface area contributed by atoms with Crippen LogP contribution in [0.1, 0.15) is 32.3 Å². The fourth-order valence-corrected chi connectivity index (χ4v) is 3.27. The lowest BCUT2D eigenvalue weighted by Crippen LogP contribution is -2.29. The molecule has 1 rings (SSSR count). The molecular formula is C10H16NO4P. The molecule has 0 amide bonds. The Labute approximate surface area is 94.5 Å². The van der Waals surface area contributed by atoms with Gasteiger partial charge in [-0.25, -0.2) is 0 Å². The Balaban J connectivity index is 3.32. The third-order valence-electron chi connectivity index (χ3n) is 3.07. The molecule has 1 aromatic heterocycles. The van der Waals surface area contributed by atoms with Crippen LogP contribution in [0.15, 0.2) is 24.5 Å². The molecule has 0 spiro atoms. The summed E-state index contributed by atoms with van der Waals surface area (Å²) >= 11 is 0. The van der Waals surface area contributed by atoms with Gasteiger partial charge in [-0.15, -0.1) is 0 Å². The van der Waals surface area contributed by atoms with E-state index in [2.05, 4.69) is 0 Å². The Morgan fingerprint density at radius 3 is 2.06 bits per heavy atom. The second-order valence-electron chi connectivity index (χ2n) is 3.73. The molecule has 0 atom stereocenters. The van der Waals surface area contributed by atoms with Gasteiger partial charge in [0.05, 0.1) is 5.16 Å². The number of rotatable bonds is 4. The molecule has 5 nitrogen and oxygen atoms in total. The lowest BCUT2D eigenvalue weighted by atomic mass is 9.94. The SMILES string of the molecule is CCC(CC)(c1cc[n+]([O-])cc1)P(=O)(O)O. The Kier molecular flexibility index (Phi) is 3.73. The first-order valence-electron chi connectivity index (χ1n) is 5.12. The van der Waals surface area contributed by atoms with Gasteiger partial charge < -0.3 is 15.0 Å². The molecule has 0 bridgehead atoms. The Bertz CT molecular complexity index is 394. The summed E-state index contributed by atoms with van der Waals surface area (Å²) in [7, 11) is -4.26. The molecule has 1 heterocycles. The fourth-order valence-electron chi connectivity index (χ4n) is 1.96. The van der Waals surface area contributed by atoms with Gasteiger partial charge in [-0.05, 0) is 18.4 Å². The number of nitrogens with zero attached hydrogens (tertiary/aromatic N) is 1. The molecule has 0 aromatic carbocycles. The van der Waals surface area contributed by atoms with Gasteiger partial charge in [0.2, 0.25) is 0 Å². The van der Waals surface area contributed by atoms with Crippen LogP contribution in [0.4, 0.5) is 0 Å². The third-order valence-corrected chi connectivity index (χ3v) is 5.07. The number of aromatic nitrogens is 1. The molecule has 0 aliphatic rings. The Hall–Kier alpha value is -0.900. The maximum Gasteiger partial charge on any atom is 0.335 e. The van der Waals surface area contributed by atoms with E-state index in [1.165, 1.54) is 24.5 Å². The molecule has 0 radical (unpaired) electrons. The smallest absolute Gasteiger partial charge is 0.335 e. The van der Waals surface area contributed by atoms with Gasteiger partial charge in [0, 0.05) is 12.1 Å². The number of pyridine rings is 1. The summed E-state index contributed by atoms with van der Waals surface area (Å²) in [6.45, 7) is 3.47. The molecular weight excluding hydrogens is 229 g/mol. The van der Waals surface area contributed by atoms with Crippen molar-refractivity contribution in [3.05, 3.63) is 35.3 Å². The molecule has 0 saturated heterocycles. The summed E-state index contributed by atoms with van der Waals surface area (Å²) in [5.74, 6) is 0. The van der Waals surface area contributed by atoms with Gasteiger partial charge in [-0.2, -0.15) is 4.73 Å². The molecule has 16 heavy (non-hydrogen) atoms. The summed E-state index contributed by atoms with van der Waals surface area (Å²) in [6, 6.07) is 2.94. The van der Waals surface area contributed by atoms with E-state index in [0.717, 1.165) is 0 Å². The van der Waals surface area contributed by atoms with Crippen molar-refractivity contribution in [2.75, 3.05) is 0 Å². The zero-order valence-electron chi connectivity index (χ0n) is 9.33. The normalized spacial score (nSPS) is 12.8. The van der Waals surface area contributed by atoms with Crippen LogP contribution in [0.3, 0.4) is 0 Å². The van der Waals surface area contributed by atoms with E-state index in [0.29, 0.717) is 23.1 Å². The van der Waals surface area contributed by atoms with E-state index in [9.17, 15) is 19.6 Å². The summed E-state index contributed by atoms with van der Waals surface area (Å²) < 4.78 is 12.2. The van der Waals surface area contributed by atoms with E-state index in [1.54, 1.807) is 13.8 Å². The summed E-state index contributed by atoms with van der Waals surface area (Å²) in [5.41, 5.74) is 0.512. The Morgan fingerprint density at radius 1 is 1.31 bits per heavy atom. The zero-order chi connectivity index (χ0) is 12.4. The fraction of sp³-hybridized carbons (Fsp3) is 0.500. The van der Waals surface area contributed by atoms with Crippen LogP contribution in [0.2, 0.25) is 0 Å². The highest BCUT2D eigenvalue weighted by molar-refractivity contribution is 7.53. The van der Waals surface area contributed by atoms with Crippen molar-refractivity contribution in [3.63, 3.8) is 0 Å². The minimum absolute atomic E-state index is 0.330. The zero-order valence-corrected chi connectivity index (χ0v) is 10.2. The highest BCUT2D eigenvalue weighted by atomic mass is 31.2. The molecule has 6 heteroatoms. The lowest BCUT2D eigenvalue weighted by Gasteiger charge is -2.32. The van der Waals surface area contributed by atoms with Gasteiger partial charge in [0.15, 0.2) is 12.4 Å². The van der Waals surface area contributed by atoms with E-state index in [-0.39, 0.29) is 0 Å². The second kappa shape index (κ2) is 4.53. The maximum absolute atomic E-state index is 11.6. The van der Waals surface area contributed by atoms with Crippen LogP contribution in [0.25, 0.3) is 0 Å². The third kappa shape index (κ3) is 2.12. The molecule has 0 fully saturated rings. The summed E-state index contributed by atoms with van der Waals surface area (Å²) in [5, 5.41) is 9.72. The van der Waals surface area contributed by atoms with Gasteiger partial charge in [0.25, 0.3) is 0 Å². The van der Waals surface area contributed by atoms with E-state index in [4.69, 9.17) is 0 Å². The standard InChI is InChI=1S/C10H16NO4P/c1-3-10(4-2,16(13,14)15)9-5-7-11(12)8-6-9/h5-8H,3-4H2,1-2H3,(H2,13,14,15). The molecule has 2 N–H and O–H groups in total. The summed E-state index contributed by atoms with van der Waals surface area (Å²) in [4.78, 5) is 19.0. The van der Waals surface area contributed by atoms with Crippen molar-refractivity contribution in [2.24, 2.45) is 0 Å². The number of hydrogen-bond acceptors (Lipinski definition) is 2. The Morgan fingerprint density at radius 2 is 1.75 bits per heavy atom. The minimum atomic E-state index is -4.26. The van der Waals surface area contributed by atoms with E-state index in [1.807, 2.05) is 0 Å². The largest absolute Gasteiger partial charge is 0.619 e. The first kappa shape index (κ1) is 13.2. The van der Waals surface area contributed by atoms with Crippen molar-refractivity contribution < 1.29 is 19.1 Å². The molecule has 0 aliphatic carbocycles. The predicted octanol–water partition coefficient (Wildman–Crippen LogP) is 1.51. The summed E-state index contributed by atoms with van der Waals surface area (Å²) in [6.07, 6.45) is 3.17. The monoisotopic (exact) mass is 245 g/mol. The van der Waals surface area contributed by atoms with Gasteiger partial charge in [-0.3, -0.25) is 4.57 Å². The van der Waals surface area contributed by atoms with Crippen molar-refractivity contribution in [3.8, 4) is 0 Å².